The van der Waals surface area contributed by atoms with E-state index in [1.807, 2.05) is 13.8 Å². The smallest absolute Gasteiger partial charge is 0.292 e. The summed E-state index contributed by atoms with van der Waals surface area (Å²) < 4.78 is 3.86. The van der Waals surface area contributed by atoms with Crippen LogP contribution in [0.3, 0.4) is 0 Å². The molecule has 116 valence electrons. The molecule has 0 aromatic rings. The highest BCUT2D eigenvalue weighted by atomic mass is 16.5. The summed E-state index contributed by atoms with van der Waals surface area (Å²) in [6, 6.07) is -0.276. The van der Waals surface area contributed by atoms with E-state index in [2.05, 4.69) is 21.9 Å². The highest BCUT2D eigenvalue weighted by Crippen LogP contribution is 1.95. The van der Waals surface area contributed by atoms with Crippen molar-refractivity contribution < 1.29 is 19.1 Å². The number of hydrogen-bond donors (Lipinski definition) is 2. The number of amides is 1. The van der Waals surface area contributed by atoms with E-state index in [1.54, 1.807) is 6.08 Å². The van der Waals surface area contributed by atoms with Gasteiger partial charge in [0.1, 0.15) is 5.78 Å². The number of methoxy groups -OCH3 is 1. The van der Waals surface area contributed by atoms with Crippen LogP contribution in [-0.4, -0.2) is 44.4 Å². The Hall–Kier alpha value is -1.69. The van der Waals surface area contributed by atoms with Crippen molar-refractivity contribution in [1.29, 1.82) is 0 Å². The molecule has 0 saturated heterocycles. The Bertz CT molecular complexity index is 293. The Labute approximate surface area is 120 Å². The molecule has 1 amide bonds. The van der Waals surface area contributed by atoms with Crippen LogP contribution in [0.5, 0.6) is 0 Å². The van der Waals surface area contributed by atoms with Gasteiger partial charge in [-0.15, -0.1) is 6.58 Å². The van der Waals surface area contributed by atoms with E-state index in [0.717, 1.165) is 0 Å². The summed E-state index contributed by atoms with van der Waals surface area (Å²) in [5.41, 5.74) is 0. The van der Waals surface area contributed by atoms with Gasteiger partial charge in [-0.1, -0.05) is 13.0 Å². The van der Waals surface area contributed by atoms with Crippen molar-refractivity contribution in [2.75, 3.05) is 20.2 Å². The second-order valence-corrected chi connectivity index (χ2v) is 3.90. The van der Waals surface area contributed by atoms with E-state index >= 15 is 0 Å². The molecule has 0 aliphatic rings. The number of hydrogen-bond acceptors (Lipinski definition) is 5. The predicted molar refractivity (Wildman–Crippen MR) is 78.3 cm³/mol. The van der Waals surface area contributed by atoms with Gasteiger partial charge in [0.05, 0.1) is 13.2 Å². The van der Waals surface area contributed by atoms with Crippen molar-refractivity contribution in [3.8, 4) is 0 Å². The van der Waals surface area contributed by atoms with Gasteiger partial charge in [-0.05, 0) is 13.3 Å². The zero-order chi connectivity index (χ0) is 15.8. The molecule has 0 rings (SSSR count). The van der Waals surface area contributed by atoms with Gasteiger partial charge in [0.2, 0.25) is 5.91 Å². The van der Waals surface area contributed by atoms with Crippen LogP contribution < -0.4 is 10.6 Å². The summed E-state index contributed by atoms with van der Waals surface area (Å²) in [7, 11) is 1.31. The molecule has 1 atom stereocenters. The van der Waals surface area contributed by atoms with Crippen LogP contribution in [-0.2, 0) is 19.1 Å². The highest BCUT2D eigenvalue weighted by molar-refractivity contribution is 5.82. The molecule has 6 nitrogen and oxygen atoms in total. The predicted octanol–water partition coefficient (Wildman–Crippen LogP) is 0.815. The van der Waals surface area contributed by atoms with Crippen LogP contribution in [0.1, 0.15) is 33.1 Å². The Balaban J connectivity index is 0. The Kier molecular flexibility index (Phi) is 15.8. The second kappa shape index (κ2) is 15.4. The third-order valence-corrected chi connectivity index (χ3v) is 2.36. The van der Waals surface area contributed by atoms with Crippen LogP contribution in [0.25, 0.3) is 0 Å². The highest BCUT2D eigenvalue weighted by Gasteiger charge is 2.15. The number of ether oxygens (including phenoxy) is 1. The lowest BCUT2D eigenvalue weighted by Crippen LogP contribution is -2.44. The first-order chi connectivity index (χ1) is 9.56. The summed E-state index contributed by atoms with van der Waals surface area (Å²) in [4.78, 5) is 31.6. The van der Waals surface area contributed by atoms with Gasteiger partial charge >= 0.3 is 0 Å². The maximum Gasteiger partial charge on any atom is 0.292 e. The van der Waals surface area contributed by atoms with Gasteiger partial charge in [0, 0.05) is 25.9 Å². The molecular formula is C14H26N2O4. The first-order valence-electron chi connectivity index (χ1n) is 6.67. The van der Waals surface area contributed by atoms with Crippen LogP contribution in [0, 0.1) is 0 Å². The summed E-state index contributed by atoms with van der Waals surface area (Å²) in [5.74, 6) is 0.173. The Morgan fingerprint density at radius 2 is 1.95 bits per heavy atom. The van der Waals surface area contributed by atoms with Crippen LogP contribution in [0.4, 0.5) is 0 Å². The van der Waals surface area contributed by atoms with Crippen molar-refractivity contribution >= 4 is 18.2 Å². The fraction of sp³-hybridized carbons (Fsp3) is 0.643. The molecular weight excluding hydrogens is 260 g/mol. The first-order valence-corrected chi connectivity index (χ1v) is 6.67. The average molecular weight is 286 g/mol. The molecule has 6 heteroatoms. The van der Waals surface area contributed by atoms with Gasteiger partial charge in [-0.25, -0.2) is 0 Å². The third-order valence-electron chi connectivity index (χ3n) is 2.36. The number of carbonyl (C=O) groups excluding carboxylic acids is 3. The largest absolute Gasteiger partial charge is 0.471 e. The van der Waals surface area contributed by atoms with Crippen molar-refractivity contribution in [2.24, 2.45) is 0 Å². The van der Waals surface area contributed by atoms with E-state index < -0.39 is 0 Å². The molecule has 0 radical (unpaired) electrons. The Morgan fingerprint density at radius 3 is 2.35 bits per heavy atom. The number of Topliss-reactive ketones (excluding diaryl/α,β-unsaturated/α-hetero) is 1. The lowest BCUT2D eigenvalue weighted by Gasteiger charge is -2.15. The standard InChI is InChI=1S/C12H22N2O2.C2H4O2/c1-4-7-11(12(16)13-6-3)14-9-8-10(15)5-2;1-4-2-3/h4,11,14H,1,5-9H2,2-3H3,(H,13,16);2H,1H3. The molecule has 20 heavy (non-hydrogen) atoms. The minimum atomic E-state index is -0.276. The first kappa shape index (κ1) is 20.6. The van der Waals surface area contributed by atoms with Gasteiger partial charge in [0.25, 0.3) is 6.47 Å². The number of carbonyl (C=O) groups is 3. The summed E-state index contributed by atoms with van der Waals surface area (Å²) in [5, 5.41) is 5.81. The normalized spacial score (nSPS) is 10.6. The third kappa shape index (κ3) is 12.8. The average Bonchev–Trinajstić information content (AvgIpc) is 2.46. The monoisotopic (exact) mass is 286 g/mol. The van der Waals surface area contributed by atoms with Crippen molar-refractivity contribution in [1.82, 2.24) is 10.6 Å². The second-order valence-electron chi connectivity index (χ2n) is 3.90. The number of ketones is 1. The number of nitrogens with one attached hydrogen (secondary N) is 2. The lowest BCUT2D eigenvalue weighted by atomic mass is 10.1. The van der Waals surface area contributed by atoms with E-state index in [9.17, 15) is 9.59 Å². The minimum absolute atomic E-state index is 0.0358. The summed E-state index contributed by atoms with van der Waals surface area (Å²) in [6.45, 7) is 8.87. The fourth-order valence-electron chi connectivity index (χ4n) is 1.31. The molecule has 0 saturated carbocycles. The lowest BCUT2D eigenvalue weighted by molar-refractivity contribution is -0.126. The quantitative estimate of drug-likeness (QED) is 0.459. The Morgan fingerprint density at radius 1 is 1.35 bits per heavy atom. The van der Waals surface area contributed by atoms with E-state index in [4.69, 9.17) is 4.79 Å². The minimum Gasteiger partial charge on any atom is -0.471 e. The molecule has 0 fully saturated rings. The van der Waals surface area contributed by atoms with Crippen LogP contribution >= 0.6 is 0 Å². The van der Waals surface area contributed by atoms with Gasteiger partial charge < -0.3 is 15.4 Å². The molecule has 0 spiro atoms. The fourth-order valence-corrected chi connectivity index (χ4v) is 1.31. The SMILES string of the molecule is C=CCC(NCCC(=O)CC)C(=O)NCC.COC=O. The zero-order valence-corrected chi connectivity index (χ0v) is 12.6. The molecule has 0 aromatic heterocycles. The van der Waals surface area contributed by atoms with Crippen LogP contribution in [0.2, 0.25) is 0 Å². The van der Waals surface area contributed by atoms with Crippen molar-refractivity contribution in [3.05, 3.63) is 12.7 Å². The molecule has 2 N–H and O–H groups in total. The van der Waals surface area contributed by atoms with E-state index in [-0.39, 0.29) is 17.7 Å². The molecule has 0 heterocycles. The maximum atomic E-state index is 11.6. The van der Waals surface area contributed by atoms with Gasteiger partial charge in [-0.3, -0.25) is 14.4 Å². The van der Waals surface area contributed by atoms with Crippen molar-refractivity contribution in [3.63, 3.8) is 0 Å². The topological polar surface area (TPSA) is 84.5 Å². The zero-order valence-electron chi connectivity index (χ0n) is 12.6. The maximum absolute atomic E-state index is 11.6. The molecule has 0 aliphatic heterocycles. The van der Waals surface area contributed by atoms with Crippen molar-refractivity contribution in [2.45, 2.75) is 39.2 Å². The van der Waals surface area contributed by atoms with E-state index in [0.29, 0.717) is 38.8 Å². The van der Waals surface area contributed by atoms with E-state index in [1.165, 1.54) is 7.11 Å². The summed E-state index contributed by atoms with van der Waals surface area (Å²) >= 11 is 0. The molecule has 0 bridgehead atoms. The molecule has 0 aliphatic carbocycles. The molecule has 0 aromatic carbocycles. The summed E-state index contributed by atoms with van der Waals surface area (Å²) in [6.07, 6.45) is 3.30. The molecule has 1 unspecified atom stereocenters. The van der Waals surface area contributed by atoms with Gasteiger partial charge in [0.15, 0.2) is 0 Å². The number of likely N-dealkylation sites (N-methyl/N-ethyl adjacent to an activating group) is 1. The van der Waals surface area contributed by atoms with Gasteiger partial charge in [-0.2, -0.15) is 0 Å². The van der Waals surface area contributed by atoms with Crippen LogP contribution in [0.15, 0.2) is 12.7 Å². The number of rotatable bonds is 10.